The van der Waals surface area contributed by atoms with E-state index in [9.17, 15) is 0 Å². The average Bonchev–Trinajstić information content (AvgIpc) is 2.91. The Balaban J connectivity index is -0.0000000834. The van der Waals surface area contributed by atoms with E-state index in [-0.39, 0.29) is 0 Å². The highest BCUT2D eigenvalue weighted by Crippen LogP contribution is 2.18. The highest BCUT2D eigenvalue weighted by atomic mass is 35.8. The van der Waals surface area contributed by atoms with E-state index >= 15 is 0 Å². The second-order valence-corrected chi connectivity index (χ2v) is 64.0. The van der Waals surface area contributed by atoms with Crippen LogP contribution in [-0.4, -0.2) is 118 Å². The molecular formula is C29H78Cl12O9Si8. The van der Waals surface area contributed by atoms with E-state index < -0.39 is 58.5 Å². The van der Waals surface area contributed by atoms with Gasteiger partial charge in [0, 0.05) is 66.0 Å². The maximum atomic E-state index is 5.83. The molecule has 0 aromatic rings. The van der Waals surface area contributed by atoms with Crippen LogP contribution in [0.3, 0.4) is 0 Å². The Hall–Kier alpha value is 4.86. The van der Waals surface area contributed by atoms with Crippen molar-refractivity contribution in [3.05, 3.63) is 0 Å². The van der Waals surface area contributed by atoms with Crippen molar-refractivity contribution in [1.29, 1.82) is 0 Å². The molecule has 0 radical (unpaired) electrons. The smallest absolute Gasteiger partial charge is 0.404 e. The standard InChI is InChI=1S/C7H18O3Si.C6H16O2Si.C5H13ClO2Si.C4H11ClOSi.C3H8Cl2OSi.C2H6Cl2Si.2CH3Cl3Si/c1-5-8-11(4,9-6-2)10-7-3;1-5-7-9(3,4)8-6-2;1-4-7-9(3,6)8-5-2;1-4-6-7(2,3)5;1-3-6-7(2,4)5;3*1-5(2,3)4/h5-7H2,1-4H3;5-6H2,1-4H3;4-5H2,1-3H3;4H2,1-3H3;3H2,1-2H3;1-2H3;2*1H3. The highest BCUT2D eigenvalue weighted by molar-refractivity contribution is 7.64. The van der Waals surface area contributed by atoms with Gasteiger partial charge in [-0.1, -0.05) is 11.1 Å². The van der Waals surface area contributed by atoms with Gasteiger partial charge in [-0.25, -0.2) is 0 Å². The fourth-order valence-corrected chi connectivity index (χ4v) is 10.0. The molecule has 0 aliphatic heterocycles. The first-order valence-corrected chi connectivity index (χ1v) is 51.4. The van der Waals surface area contributed by atoms with Gasteiger partial charge in [0.25, 0.3) is 7.63 Å². The van der Waals surface area contributed by atoms with Crippen LogP contribution in [0.1, 0.15) is 62.3 Å². The molecule has 0 rings (SSSR count). The van der Waals surface area contributed by atoms with Gasteiger partial charge in [-0.2, -0.15) is 0 Å². The first kappa shape index (κ1) is 79.9. The van der Waals surface area contributed by atoms with Gasteiger partial charge >= 0.3 is 44.2 Å². The predicted molar refractivity (Wildman–Crippen MR) is 285 cm³/mol. The minimum absolute atomic E-state index is 0.607. The van der Waals surface area contributed by atoms with E-state index in [2.05, 4.69) is 13.1 Å². The van der Waals surface area contributed by atoms with E-state index in [4.69, 9.17) is 173 Å². The fourth-order valence-electron chi connectivity index (χ4n) is 2.80. The van der Waals surface area contributed by atoms with Crippen molar-refractivity contribution in [2.45, 2.75) is 134 Å². The lowest BCUT2D eigenvalue weighted by molar-refractivity contribution is 0.0783. The Morgan fingerprint density at radius 3 is 0.586 bits per heavy atom. The minimum Gasteiger partial charge on any atom is -0.404 e. The predicted octanol–water partition coefficient (Wildman–Crippen LogP) is 16.0. The maximum absolute atomic E-state index is 5.83. The van der Waals surface area contributed by atoms with Crippen LogP contribution in [0.2, 0.25) is 72.0 Å². The molecule has 364 valence electrons. The normalized spacial score (nSPS) is 12.0. The number of hydrogen-bond acceptors (Lipinski definition) is 9. The van der Waals surface area contributed by atoms with Gasteiger partial charge in [-0.3, -0.25) is 0 Å². The van der Waals surface area contributed by atoms with Crippen molar-refractivity contribution < 1.29 is 39.8 Å². The zero-order chi connectivity index (χ0) is 48.7. The van der Waals surface area contributed by atoms with Crippen molar-refractivity contribution in [3.8, 4) is 0 Å². The van der Waals surface area contributed by atoms with Crippen LogP contribution < -0.4 is 0 Å². The maximum Gasteiger partial charge on any atom is 0.497 e. The third-order valence-electron chi connectivity index (χ3n) is 3.89. The summed E-state index contributed by atoms with van der Waals surface area (Å²) in [6.07, 6.45) is 0. The van der Waals surface area contributed by atoms with Gasteiger partial charge in [0.05, 0.1) is 0 Å². The van der Waals surface area contributed by atoms with Crippen molar-refractivity contribution in [3.63, 3.8) is 0 Å². The molecule has 0 amide bonds. The van der Waals surface area contributed by atoms with Crippen LogP contribution >= 0.6 is 133 Å². The van der Waals surface area contributed by atoms with Crippen LogP contribution in [0.4, 0.5) is 0 Å². The Kier molecular flexibility index (Phi) is 62.9. The van der Waals surface area contributed by atoms with Crippen LogP contribution in [0.5, 0.6) is 0 Å². The average molecular weight is 1220 g/mol. The monoisotopic (exact) mass is 1210 g/mol. The van der Waals surface area contributed by atoms with Crippen LogP contribution in [-0.2, 0) is 39.8 Å². The number of hydrogen-bond donors (Lipinski definition) is 0. The van der Waals surface area contributed by atoms with Crippen molar-refractivity contribution >= 4 is 191 Å². The van der Waals surface area contributed by atoms with Gasteiger partial charge in [0.15, 0.2) is 0 Å². The van der Waals surface area contributed by atoms with E-state index in [1.807, 2.05) is 102 Å². The van der Waals surface area contributed by atoms with E-state index in [0.717, 1.165) is 19.8 Å². The van der Waals surface area contributed by atoms with E-state index in [1.165, 1.54) is 0 Å². The number of rotatable bonds is 18. The SMILES string of the molecule is CCO[Si](C)(C)Cl.CCO[Si](C)(C)OCC.CCO[Si](C)(Cl)Cl.CCO[Si](C)(Cl)OCC.CCO[Si](C)(OCC)OCC.C[Si](C)(Cl)Cl.C[Si](Cl)(Cl)Cl.C[Si](Cl)(Cl)Cl. The molecule has 0 fully saturated rings. The molecule has 0 spiro atoms. The van der Waals surface area contributed by atoms with Gasteiger partial charge in [-0.15, -0.1) is 122 Å². The lowest BCUT2D eigenvalue weighted by Crippen LogP contribution is -2.42. The third-order valence-corrected chi connectivity index (χ3v) is 13.3. The molecule has 9 nitrogen and oxygen atoms in total. The third kappa shape index (κ3) is 131. The first-order valence-electron chi connectivity index (χ1n) is 18.6. The highest BCUT2D eigenvalue weighted by Gasteiger charge is 2.33. The van der Waals surface area contributed by atoms with Crippen LogP contribution in [0, 0.1) is 0 Å². The van der Waals surface area contributed by atoms with Gasteiger partial charge in [-0.05, 0) is 128 Å². The minimum atomic E-state index is -2.25. The Labute approximate surface area is 420 Å². The van der Waals surface area contributed by atoms with Crippen LogP contribution in [0.15, 0.2) is 0 Å². The molecule has 0 saturated heterocycles. The first-order chi connectivity index (χ1) is 25.5. The summed E-state index contributed by atoms with van der Waals surface area (Å²) in [7, 11) is -7.87. The second kappa shape index (κ2) is 45.6. The zero-order valence-corrected chi connectivity index (χ0v) is 55.6. The molecule has 0 saturated carbocycles. The molecule has 29 heteroatoms. The summed E-state index contributed by atoms with van der Waals surface area (Å²) in [6, 6.07) is -4.39. The summed E-state index contributed by atoms with van der Waals surface area (Å²) in [5.41, 5.74) is 0. The van der Waals surface area contributed by atoms with Crippen molar-refractivity contribution in [2.24, 2.45) is 0 Å². The summed E-state index contributed by atoms with van der Waals surface area (Å²) in [5, 5.41) is 0. The number of halogens is 12. The van der Waals surface area contributed by atoms with Crippen molar-refractivity contribution in [1.82, 2.24) is 0 Å². The molecule has 0 aromatic carbocycles. The van der Waals surface area contributed by atoms with Crippen LogP contribution in [0.25, 0.3) is 0 Å². The molecule has 0 atom stereocenters. The molecular weight excluding hydrogens is 1140 g/mol. The summed E-state index contributed by atoms with van der Waals surface area (Å²) < 4.78 is 47.3. The molecule has 0 aliphatic rings. The largest absolute Gasteiger partial charge is 0.497 e. The van der Waals surface area contributed by atoms with Gasteiger partial charge < -0.3 is 39.8 Å². The summed E-state index contributed by atoms with van der Waals surface area (Å²) in [6.45, 7) is 40.1. The lowest BCUT2D eigenvalue weighted by Gasteiger charge is -2.23. The molecule has 58 heavy (non-hydrogen) atoms. The molecule has 0 heterocycles. The van der Waals surface area contributed by atoms with Crippen molar-refractivity contribution in [2.75, 3.05) is 59.5 Å². The summed E-state index contributed by atoms with van der Waals surface area (Å²) in [5.74, 6) is 0. The topological polar surface area (TPSA) is 83.1 Å². The Morgan fingerprint density at radius 2 is 0.483 bits per heavy atom. The zero-order valence-electron chi connectivity index (χ0n) is 38.6. The lowest BCUT2D eigenvalue weighted by atomic mass is 10.9. The van der Waals surface area contributed by atoms with Gasteiger partial charge in [0.1, 0.15) is 0 Å². The molecule has 0 aromatic heterocycles. The molecule has 0 N–H and O–H groups in total. The Bertz CT molecular complexity index is 728. The molecule has 0 bridgehead atoms. The summed E-state index contributed by atoms with van der Waals surface area (Å²) in [4.78, 5) is 0. The quantitative estimate of drug-likeness (QED) is 0.0984. The summed E-state index contributed by atoms with van der Waals surface area (Å²) >= 11 is 64.7. The van der Waals surface area contributed by atoms with E-state index in [1.54, 1.807) is 19.6 Å². The molecule has 0 unspecified atom stereocenters. The van der Waals surface area contributed by atoms with Gasteiger partial charge in [0.2, 0.25) is 6.69 Å². The fraction of sp³-hybridized carbons (Fsp3) is 1.00. The van der Waals surface area contributed by atoms with E-state index in [0.29, 0.717) is 39.6 Å². The molecule has 0 aliphatic carbocycles. The second-order valence-electron chi connectivity index (χ2n) is 12.1. The Morgan fingerprint density at radius 1 is 0.293 bits per heavy atom.